The Kier molecular flexibility index (Phi) is 10.3. The summed E-state index contributed by atoms with van der Waals surface area (Å²) in [5.74, 6) is -1.18. The van der Waals surface area contributed by atoms with Crippen molar-refractivity contribution in [3.63, 3.8) is 0 Å². The van der Waals surface area contributed by atoms with Crippen molar-refractivity contribution in [1.82, 2.24) is 5.32 Å². The minimum absolute atomic E-state index is 0.153. The fraction of sp³-hybridized carbons (Fsp3) is 0.727. The number of amides is 1. The van der Waals surface area contributed by atoms with Crippen LogP contribution in [0.1, 0.15) is 34.6 Å². The molecule has 0 spiro atoms. The first-order valence-corrected chi connectivity index (χ1v) is 13.2. The molecule has 0 radical (unpaired) electrons. The van der Waals surface area contributed by atoms with Crippen molar-refractivity contribution in [3.8, 4) is 0 Å². The van der Waals surface area contributed by atoms with E-state index in [1.54, 1.807) is 34.6 Å². The number of nitrogens with zero attached hydrogens (tertiary/aromatic N) is 1. The quantitative estimate of drug-likeness (QED) is 0.109. The van der Waals surface area contributed by atoms with E-state index in [1.165, 1.54) is 13.2 Å². The normalized spacial score (nSPS) is 25.2. The largest absolute Gasteiger partial charge is 0.508 e. The van der Waals surface area contributed by atoms with Crippen LogP contribution in [-0.4, -0.2) is 95.6 Å². The molecule has 0 unspecified atom stereocenters. The van der Waals surface area contributed by atoms with Crippen molar-refractivity contribution in [2.75, 3.05) is 33.2 Å². The molecule has 0 aromatic heterocycles. The smallest absolute Gasteiger partial charge is 0.480 e. The standard InChI is InChI=1S/C22H34N2O12S/c1-12-14(23-13(2)24-20(26)36-22(3,4)5)10-15(19(25)30-6)34-17(12)18(16-11-32-21(27)35-16)31-8-9-33-37(7,28)29/h10,12,14,16-18H,8-9,11H2,1-7H3,(H,23,24,26)/t12-,14+,16-,17-,18-/m1/s1. The Morgan fingerprint density at radius 3 is 2.46 bits per heavy atom. The molecular weight excluding hydrogens is 516 g/mol. The summed E-state index contributed by atoms with van der Waals surface area (Å²) in [6, 6.07) is -0.615. The van der Waals surface area contributed by atoms with Crippen LogP contribution in [0.4, 0.5) is 9.59 Å². The van der Waals surface area contributed by atoms with E-state index in [9.17, 15) is 22.8 Å². The second-order valence-corrected chi connectivity index (χ2v) is 11.0. The summed E-state index contributed by atoms with van der Waals surface area (Å²) in [6.07, 6.45) is -2.17. The Labute approximate surface area is 215 Å². The van der Waals surface area contributed by atoms with Gasteiger partial charge in [-0.15, -0.1) is 0 Å². The van der Waals surface area contributed by atoms with Crippen LogP contribution in [0.5, 0.6) is 0 Å². The lowest BCUT2D eigenvalue weighted by atomic mass is 9.87. The Bertz CT molecular complexity index is 1020. The number of hydrogen-bond acceptors (Lipinski definition) is 12. The number of rotatable bonds is 9. The topological polar surface area (TPSA) is 174 Å². The van der Waals surface area contributed by atoms with E-state index in [-0.39, 0.29) is 31.4 Å². The monoisotopic (exact) mass is 550 g/mol. The summed E-state index contributed by atoms with van der Waals surface area (Å²) < 4.78 is 59.1. The highest BCUT2D eigenvalue weighted by Crippen LogP contribution is 2.31. The van der Waals surface area contributed by atoms with Gasteiger partial charge >= 0.3 is 18.2 Å². The van der Waals surface area contributed by atoms with Crippen LogP contribution in [0.3, 0.4) is 0 Å². The number of hydrogen-bond donors (Lipinski definition) is 1. The third-order valence-electron chi connectivity index (χ3n) is 5.09. The molecular formula is C22H34N2O12S. The van der Waals surface area contributed by atoms with Crippen LogP contribution < -0.4 is 5.32 Å². The maximum atomic E-state index is 12.4. The molecule has 5 atom stereocenters. The van der Waals surface area contributed by atoms with Gasteiger partial charge in [0.2, 0.25) is 5.76 Å². The van der Waals surface area contributed by atoms with Gasteiger partial charge in [0, 0.05) is 5.92 Å². The number of amidine groups is 1. The minimum Gasteiger partial charge on any atom is -0.480 e. The van der Waals surface area contributed by atoms with E-state index in [2.05, 4.69) is 10.3 Å². The average molecular weight is 551 g/mol. The van der Waals surface area contributed by atoms with E-state index in [0.717, 1.165) is 6.26 Å². The molecule has 15 heteroatoms. The van der Waals surface area contributed by atoms with E-state index >= 15 is 0 Å². The predicted octanol–water partition coefficient (Wildman–Crippen LogP) is 1.29. The first kappa shape index (κ1) is 30.3. The van der Waals surface area contributed by atoms with Crippen LogP contribution in [0, 0.1) is 5.92 Å². The zero-order valence-electron chi connectivity index (χ0n) is 21.8. The lowest BCUT2D eigenvalue weighted by molar-refractivity contribution is -0.153. The van der Waals surface area contributed by atoms with Crippen molar-refractivity contribution in [3.05, 3.63) is 11.8 Å². The number of carbonyl (C=O) groups excluding carboxylic acids is 3. The number of esters is 1. The molecule has 1 fully saturated rings. The third kappa shape index (κ3) is 9.81. The molecule has 2 aliphatic heterocycles. The van der Waals surface area contributed by atoms with Gasteiger partial charge in [0.05, 0.1) is 32.6 Å². The van der Waals surface area contributed by atoms with Crippen LogP contribution in [0.2, 0.25) is 0 Å². The van der Waals surface area contributed by atoms with E-state index in [1.807, 2.05) is 0 Å². The van der Waals surface area contributed by atoms with Gasteiger partial charge in [-0.3, -0.25) is 4.18 Å². The van der Waals surface area contributed by atoms with Crippen molar-refractivity contribution in [2.24, 2.45) is 10.9 Å². The highest BCUT2D eigenvalue weighted by atomic mass is 32.2. The Morgan fingerprint density at radius 2 is 1.92 bits per heavy atom. The third-order valence-corrected chi connectivity index (χ3v) is 5.68. The first-order chi connectivity index (χ1) is 17.1. The highest BCUT2D eigenvalue weighted by Gasteiger charge is 2.46. The van der Waals surface area contributed by atoms with Gasteiger partial charge in [-0.1, -0.05) is 6.92 Å². The Morgan fingerprint density at radius 1 is 1.24 bits per heavy atom. The zero-order valence-corrected chi connectivity index (χ0v) is 22.7. The van der Waals surface area contributed by atoms with Crippen LogP contribution in [0.25, 0.3) is 0 Å². The maximum Gasteiger partial charge on any atom is 0.508 e. The Balaban J connectivity index is 2.29. The number of methoxy groups -OCH3 is 1. The number of carbonyl (C=O) groups is 3. The number of nitrogens with one attached hydrogen (secondary N) is 1. The molecule has 2 aliphatic rings. The summed E-state index contributed by atoms with van der Waals surface area (Å²) in [4.78, 5) is 40.0. The number of cyclic esters (lactones) is 2. The van der Waals surface area contributed by atoms with Crippen molar-refractivity contribution in [1.29, 1.82) is 0 Å². The van der Waals surface area contributed by atoms with E-state index in [0.29, 0.717) is 0 Å². The second-order valence-electron chi connectivity index (χ2n) is 9.39. The molecule has 1 N–H and O–H groups in total. The highest BCUT2D eigenvalue weighted by molar-refractivity contribution is 7.85. The van der Waals surface area contributed by atoms with Crippen molar-refractivity contribution >= 4 is 34.2 Å². The molecule has 0 aromatic carbocycles. The number of ether oxygens (including phenoxy) is 6. The van der Waals surface area contributed by atoms with Crippen LogP contribution in [0.15, 0.2) is 16.8 Å². The Hall–Kier alpha value is -2.91. The molecule has 0 aromatic rings. The predicted molar refractivity (Wildman–Crippen MR) is 127 cm³/mol. The molecule has 1 amide bonds. The SMILES string of the molecule is COC(=O)C1=C[C@H](N/C(C)=N\C(=O)OC(C)(C)C)[C@@H](C)[C@H]([C@H](OCCOS(C)(=O)=O)[C@H]2COC(=O)O2)O1. The first-order valence-electron chi connectivity index (χ1n) is 11.4. The molecule has 1 saturated heterocycles. The van der Waals surface area contributed by atoms with Crippen molar-refractivity contribution < 1.29 is 55.4 Å². The van der Waals surface area contributed by atoms with Crippen LogP contribution in [-0.2, 0) is 47.5 Å². The summed E-state index contributed by atoms with van der Waals surface area (Å²) in [5, 5.41) is 3.05. The molecule has 2 heterocycles. The summed E-state index contributed by atoms with van der Waals surface area (Å²) >= 11 is 0. The van der Waals surface area contributed by atoms with Gasteiger partial charge in [-0.05, 0) is 33.8 Å². The fourth-order valence-corrected chi connectivity index (χ4v) is 3.92. The van der Waals surface area contributed by atoms with Gasteiger partial charge in [-0.25, -0.2) is 14.4 Å². The number of aliphatic imine (C=N–C) groups is 1. The van der Waals surface area contributed by atoms with Crippen LogP contribution >= 0.6 is 0 Å². The van der Waals surface area contributed by atoms with E-state index < -0.39 is 64.2 Å². The molecule has 2 rings (SSSR count). The molecule has 0 bridgehead atoms. The van der Waals surface area contributed by atoms with Gasteiger partial charge in [0.15, 0.2) is 6.10 Å². The van der Waals surface area contributed by atoms with Gasteiger partial charge in [-0.2, -0.15) is 13.4 Å². The molecule has 37 heavy (non-hydrogen) atoms. The zero-order chi connectivity index (χ0) is 28.0. The average Bonchev–Trinajstić information content (AvgIpc) is 3.18. The fourth-order valence-electron chi connectivity index (χ4n) is 3.55. The second kappa shape index (κ2) is 12.6. The molecule has 0 aliphatic carbocycles. The molecule has 0 saturated carbocycles. The summed E-state index contributed by atoms with van der Waals surface area (Å²) in [5.41, 5.74) is -0.734. The lowest BCUT2D eigenvalue weighted by Crippen LogP contribution is -2.54. The summed E-state index contributed by atoms with van der Waals surface area (Å²) in [7, 11) is -2.52. The lowest BCUT2D eigenvalue weighted by Gasteiger charge is -2.40. The van der Waals surface area contributed by atoms with Gasteiger partial charge < -0.3 is 33.7 Å². The minimum atomic E-state index is -3.71. The summed E-state index contributed by atoms with van der Waals surface area (Å²) in [6.45, 7) is 7.79. The molecule has 14 nitrogen and oxygen atoms in total. The van der Waals surface area contributed by atoms with E-state index in [4.69, 9.17) is 32.6 Å². The van der Waals surface area contributed by atoms with Crippen molar-refractivity contribution in [2.45, 2.75) is 64.6 Å². The van der Waals surface area contributed by atoms with Gasteiger partial charge in [0.25, 0.3) is 10.1 Å². The van der Waals surface area contributed by atoms with Gasteiger partial charge in [0.1, 0.15) is 30.3 Å². The maximum absolute atomic E-state index is 12.4. The molecule has 210 valence electrons.